The number of esters is 1. The van der Waals surface area contributed by atoms with Gasteiger partial charge in [0.25, 0.3) is 0 Å². The molecule has 0 radical (unpaired) electrons. The van der Waals surface area contributed by atoms with Gasteiger partial charge in [-0.05, 0) is 30.7 Å². The third-order valence-corrected chi connectivity index (χ3v) is 4.74. The second-order valence-corrected chi connectivity index (χ2v) is 7.11. The molecule has 0 saturated carbocycles. The minimum Gasteiger partial charge on any atom is -0.465 e. The minimum atomic E-state index is -3.11. The van der Waals surface area contributed by atoms with E-state index in [2.05, 4.69) is 15.4 Å². The van der Waals surface area contributed by atoms with Crippen molar-refractivity contribution >= 4 is 27.5 Å². The maximum atomic E-state index is 11.7. The van der Waals surface area contributed by atoms with Crippen LogP contribution in [0.2, 0.25) is 0 Å². The van der Waals surface area contributed by atoms with Crippen molar-refractivity contribution in [1.29, 1.82) is 0 Å². The van der Waals surface area contributed by atoms with E-state index in [0.29, 0.717) is 16.8 Å². The van der Waals surface area contributed by atoms with Crippen molar-refractivity contribution in [1.82, 2.24) is 5.32 Å². The van der Waals surface area contributed by atoms with E-state index >= 15 is 0 Å². The lowest BCUT2D eigenvalue weighted by Gasteiger charge is -2.11. The maximum Gasteiger partial charge on any atom is 0.337 e. The first kappa shape index (κ1) is 18.0. The number of ether oxygens (including phenoxy) is 1. The van der Waals surface area contributed by atoms with E-state index in [-0.39, 0.29) is 18.1 Å². The lowest BCUT2D eigenvalue weighted by Crippen LogP contribution is -2.33. The molecule has 0 spiro atoms. The first-order valence-corrected chi connectivity index (χ1v) is 8.55. The predicted octanol–water partition coefficient (Wildman–Crippen LogP) is 1.34. The molecule has 1 aromatic carbocycles. The summed E-state index contributed by atoms with van der Waals surface area (Å²) in [6.07, 6.45) is 0. The normalized spacial score (nSPS) is 10.9. The molecule has 0 fully saturated rings. The van der Waals surface area contributed by atoms with Crippen molar-refractivity contribution in [2.24, 2.45) is 0 Å². The van der Waals surface area contributed by atoms with Gasteiger partial charge in [-0.2, -0.15) is 0 Å². The van der Waals surface area contributed by atoms with E-state index < -0.39 is 21.8 Å². The number of sulfone groups is 1. The molecule has 122 valence electrons. The predicted molar refractivity (Wildman–Crippen MR) is 83.9 cm³/mol. The van der Waals surface area contributed by atoms with E-state index in [1.165, 1.54) is 13.2 Å². The molecule has 0 aliphatic rings. The lowest BCUT2D eigenvalue weighted by molar-refractivity contribution is 0.0600. The molecule has 0 bridgehead atoms. The fraction of sp³-hybridized carbons (Fsp3) is 0.429. The Kier molecular flexibility index (Phi) is 6.36. The topological polar surface area (TPSA) is 102 Å². The summed E-state index contributed by atoms with van der Waals surface area (Å²) in [6.45, 7) is 3.34. The van der Waals surface area contributed by atoms with Crippen LogP contribution in [0.25, 0.3) is 0 Å². The second kappa shape index (κ2) is 7.79. The number of urea groups is 1. The third-order valence-electron chi connectivity index (χ3n) is 3.03. The van der Waals surface area contributed by atoms with Gasteiger partial charge in [-0.15, -0.1) is 0 Å². The highest BCUT2D eigenvalue weighted by molar-refractivity contribution is 7.91. The standard InChI is InChI=1S/C14H20N2O5S/c1-4-22(19,20)8-7-15-14(18)16-12-6-5-11(9-10(12)2)13(17)21-3/h5-6,9H,4,7-8H2,1-3H3,(H2,15,16,18). The Morgan fingerprint density at radius 2 is 1.95 bits per heavy atom. The van der Waals surface area contributed by atoms with Crippen molar-refractivity contribution in [3.63, 3.8) is 0 Å². The molecule has 1 rings (SSSR count). The zero-order chi connectivity index (χ0) is 16.8. The summed E-state index contributed by atoms with van der Waals surface area (Å²) < 4.78 is 27.2. The van der Waals surface area contributed by atoms with E-state index in [4.69, 9.17) is 0 Å². The van der Waals surface area contributed by atoms with Crippen LogP contribution in [-0.2, 0) is 14.6 Å². The SMILES string of the molecule is CCS(=O)(=O)CCNC(=O)Nc1ccc(C(=O)OC)cc1C. The number of carbonyl (C=O) groups excluding carboxylic acids is 2. The maximum absolute atomic E-state index is 11.7. The lowest BCUT2D eigenvalue weighted by atomic mass is 10.1. The second-order valence-electron chi connectivity index (χ2n) is 4.64. The van der Waals surface area contributed by atoms with Crippen LogP contribution in [-0.4, -0.2) is 45.6 Å². The average molecular weight is 328 g/mol. The largest absolute Gasteiger partial charge is 0.465 e. The summed E-state index contributed by atoms with van der Waals surface area (Å²) in [4.78, 5) is 23.1. The molecule has 22 heavy (non-hydrogen) atoms. The van der Waals surface area contributed by atoms with E-state index in [1.54, 1.807) is 26.0 Å². The number of nitrogens with one attached hydrogen (secondary N) is 2. The number of rotatable bonds is 6. The molecule has 8 heteroatoms. The number of anilines is 1. The molecule has 0 heterocycles. The highest BCUT2D eigenvalue weighted by Crippen LogP contribution is 2.16. The number of aryl methyl sites for hydroxylation is 1. The van der Waals surface area contributed by atoms with Gasteiger partial charge in [0.05, 0.1) is 18.4 Å². The monoisotopic (exact) mass is 328 g/mol. The van der Waals surface area contributed by atoms with Gasteiger partial charge in [0.15, 0.2) is 9.84 Å². The van der Waals surface area contributed by atoms with Crippen LogP contribution in [0.1, 0.15) is 22.8 Å². The zero-order valence-corrected chi connectivity index (χ0v) is 13.6. The van der Waals surface area contributed by atoms with Crippen LogP contribution in [0.15, 0.2) is 18.2 Å². The first-order chi connectivity index (χ1) is 10.3. The van der Waals surface area contributed by atoms with Crippen LogP contribution in [0.4, 0.5) is 10.5 Å². The molecule has 0 aliphatic heterocycles. The molecule has 0 atom stereocenters. The number of carbonyl (C=O) groups is 2. The Hall–Kier alpha value is -2.09. The van der Waals surface area contributed by atoms with Crippen LogP contribution in [0.5, 0.6) is 0 Å². The summed E-state index contributed by atoms with van der Waals surface area (Å²) in [7, 11) is -1.81. The molecule has 0 aromatic heterocycles. The molecule has 2 N–H and O–H groups in total. The summed E-state index contributed by atoms with van der Waals surface area (Å²) in [5.41, 5.74) is 1.61. The van der Waals surface area contributed by atoms with Gasteiger partial charge in [-0.25, -0.2) is 18.0 Å². The molecule has 0 saturated heterocycles. The van der Waals surface area contributed by atoms with Gasteiger partial charge >= 0.3 is 12.0 Å². The summed E-state index contributed by atoms with van der Waals surface area (Å²) in [5, 5.41) is 5.08. The van der Waals surface area contributed by atoms with E-state index in [9.17, 15) is 18.0 Å². The summed E-state index contributed by atoms with van der Waals surface area (Å²) in [6, 6.07) is 4.23. The first-order valence-electron chi connectivity index (χ1n) is 6.73. The fourth-order valence-corrected chi connectivity index (χ4v) is 2.38. The number of amides is 2. The number of benzene rings is 1. The molecule has 2 amide bonds. The quantitative estimate of drug-likeness (QED) is 0.767. The van der Waals surface area contributed by atoms with Crippen molar-refractivity contribution < 1.29 is 22.7 Å². The zero-order valence-electron chi connectivity index (χ0n) is 12.8. The average Bonchev–Trinajstić information content (AvgIpc) is 2.48. The van der Waals surface area contributed by atoms with E-state index in [1.807, 2.05) is 0 Å². The highest BCUT2D eigenvalue weighted by atomic mass is 32.2. The van der Waals surface area contributed by atoms with Gasteiger partial charge in [0.1, 0.15) is 0 Å². The van der Waals surface area contributed by atoms with Crippen LogP contribution >= 0.6 is 0 Å². The van der Waals surface area contributed by atoms with E-state index in [0.717, 1.165) is 0 Å². The van der Waals surface area contributed by atoms with Crippen LogP contribution in [0.3, 0.4) is 0 Å². The van der Waals surface area contributed by atoms with Crippen molar-refractivity contribution in [2.45, 2.75) is 13.8 Å². The fourth-order valence-electron chi connectivity index (χ4n) is 1.68. The van der Waals surface area contributed by atoms with Gasteiger partial charge in [-0.1, -0.05) is 6.92 Å². The molecular weight excluding hydrogens is 308 g/mol. The number of hydrogen-bond donors (Lipinski definition) is 2. The Morgan fingerprint density at radius 3 is 2.50 bits per heavy atom. The summed E-state index contributed by atoms with van der Waals surface area (Å²) >= 11 is 0. The molecule has 7 nitrogen and oxygen atoms in total. The van der Waals surface area contributed by atoms with Crippen molar-refractivity contribution in [3.8, 4) is 0 Å². The Balaban J connectivity index is 2.60. The Bertz CT molecular complexity index is 655. The molecule has 1 aromatic rings. The smallest absolute Gasteiger partial charge is 0.337 e. The summed E-state index contributed by atoms with van der Waals surface area (Å²) in [5.74, 6) is -0.509. The third kappa shape index (κ3) is 5.36. The molecule has 0 aliphatic carbocycles. The van der Waals surface area contributed by atoms with Gasteiger partial charge in [0.2, 0.25) is 0 Å². The number of hydrogen-bond acceptors (Lipinski definition) is 5. The van der Waals surface area contributed by atoms with Crippen LogP contribution < -0.4 is 10.6 Å². The van der Waals surface area contributed by atoms with Gasteiger partial charge in [-0.3, -0.25) is 0 Å². The Labute approximate surface area is 130 Å². The van der Waals surface area contributed by atoms with Gasteiger partial charge < -0.3 is 15.4 Å². The number of methoxy groups -OCH3 is 1. The van der Waals surface area contributed by atoms with Crippen LogP contribution in [0, 0.1) is 6.92 Å². The highest BCUT2D eigenvalue weighted by Gasteiger charge is 2.11. The Morgan fingerprint density at radius 1 is 1.27 bits per heavy atom. The molecule has 0 unspecified atom stereocenters. The van der Waals surface area contributed by atoms with Crippen molar-refractivity contribution in [3.05, 3.63) is 29.3 Å². The molecular formula is C14H20N2O5S. The van der Waals surface area contributed by atoms with Gasteiger partial charge in [0, 0.05) is 18.0 Å². The van der Waals surface area contributed by atoms with Crippen molar-refractivity contribution in [2.75, 3.05) is 30.5 Å². The minimum absolute atomic E-state index is 0.0430.